The number of hydrogen-bond acceptors (Lipinski definition) is 3. The van der Waals surface area contributed by atoms with Gasteiger partial charge in [-0.05, 0) is 12.8 Å². The first-order chi connectivity index (χ1) is 10.2. The third-order valence-electron chi connectivity index (χ3n) is 3.68. The third kappa shape index (κ3) is 15.4. The number of alkyl carbamates (subject to hydrolysis) is 1. The Morgan fingerprint density at radius 1 is 0.952 bits per heavy atom. The molecule has 0 bridgehead atoms. The molecule has 4 nitrogen and oxygen atoms in total. The maximum absolute atomic E-state index is 11.3. The number of nitrogens with one attached hydrogen (secondary N) is 1. The molecule has 0 saturated heterocycles. The van der Waals surface area contributed by atoms with Gasteiger partial charge in [0.2, 0.25) is 0 Å². The van der Waals surface area contributed by atoms with Crippen LogP contribution in [0.5, 0.6) is 0 Å². The molecule has 1 atom stereocenters. The van der Waals surface area contributed by atoms with Crippen molar-refractivity contribution in [2.75, 3.05) is 13.2 Å². The van der Waals surface area contributed by atoms with E-state index in [2.05, 4.69) is 12.2 Å². The number of ether oxygens (including phenoxy) is 1. The highest BCUT2D eigenvalue weighted by atomic mass is 16.6. The average molecular weight is 301 g/mol. The van der Waals surface area contributed by atoms with Crippen molar-refractivity contribution < 1.29 is 14.6 Å². The summed E-state index contributed by atoms with van der Waals surface area (Å²) in [7, 11) is 0. The van der Waals surface area contributed by atoms with Crippen LogP contribution in [0, 0.1) is 0 Å². The molecule has 2 N–H and O–H groups in total. The van der Waals surface area contributed by atoms with Gasteiger partial charge in [0.05, 0.1) is 6.10 Å². The average Bonchev–Trinajstić information content (AvgIpc) is 2.50. The Morgan fingerprint density at radius 2 is 1.48 bits per heavy atom. The predicted octanol–water partition coefficient (Wildman–Crippen LogP) is 4.40. The second kappa shape index (κ2) is 15.6. The van der Waals surface area contributed by atoms with Gasteiger partial charge >= 0.3 is 6.09 Å². The molecule has 0 aromatic carbocycles. The molecule has 0 aromatic heterocycles. The Balaban J connectivity index is 3.16. The first-order valence-corrected chi connectivity index (χ1v) is 8.79. The van der Waals surface area contributed by atoms with Gasteiger partial charge in [-0.1, -0.05) is 71.6 Å². The number of unbranched alkanes of at least 4 members (excludes halogenated alkanes) is 9. The third-order valence-corrected chi connectivity index (χ3v) is 3.68. The van der Waals surface area contributed by atoms with E-state index in [-0.39, 0.29) is 6.61 Å². The zero-order valence-corrected chi connectivity index (χ0v) is 14.0. The molecule has 0 rings (SSSR count). The van der Waals surface area contributed by atoms with Crippen molar-refractivity contribution in [3.63, 3.8) is 0 Å². The summed E-state index contributed by atoms with van der Waals surface area (Å²) >= 11 is 0. The van der Waals surface area contributed by atoms with E-state index in [1.165, 1.54) is 51.4 Å². The Kier molecular flexibility index (Phi) is 15.0. The topological polar surface area (TPSA) is 58.6 Å². The van der Waals surface area contributed by atoms with E-state index in [1.807, 2.05) is 6.92 Å². The van der Waals surface area contributed by atoms with Crippen LogP contribution in [0.4, 0.5) is 4.79 Å². The Hall–Kier alpha value is -0.770. The standard InChI is InChI=1S/C17H35NO3/c1-3-5-6-7-8-9-10-11-12-13-14-18-17(20)21-15-16(19)4-2/h16,19H,3-15H2,1-2H3,(H,18,20). The van der Waals surface area contributed by atoms with E-state index in [4.69, 9.17) is 4.74 Å². The fraction of sp³-hybridized carbons (Fsp3) is 0.941. The van der Waals surface area contributed by atoms with Crippen molar-refractivity contribution in [3.8, 4) is 0 Å². The summed E-state index contributed by atoms with van der Waals surface area (Å²) in [6, 6.07) is 0. The fourth-order valence-corrected chi connectivity index (χ4v) is 2.14. The number of aliphatic hydroxyl groups is 1. The van der Waals surface area contributed by atoms with Gasteiger partial charge in [-0.3, -0.25) is 0 Å². The van der Waals surface area contributed by atoms with E-state index in [1.54, 1.807) is 0 Å². The quantitative estimate of drug-likeness (QED) is 0.467. The second-order valence-electron chi connectivity index (χ2n) is 5.77. The molecule has 0 fully saturated rings. The van der Waals surface area contributed by atoms with Crippen LogP contribution in [0.15, 0.2) is 0 Å². The van der Waals surface area contributed by atoms with Crippen LogP contribution >= 0.6 is 0 Å². The summed E-state index contributed by atoms with van der Waals surface area (Å²) in [5.74, 6) is 0. The van der Waals surface area contributed by atoms with E-state index in [0.717, 1.165) is 12.8 Å². The van der Waals surface area contributed by atoms with Crippen LogP contribution in [0.1, 0.15) is 84.5 Å². The van der Waals surface area contributed by atoms with E-state index < -0.39 is 12.2 Å². The van der Waals surface area contributed by atoms with Gasteiger partial charge in [-0.25, -0.2) is 4.79 Å². The smallest absolute Gasteiger partial charge is 0.407 e. The number of aliphatic hydroxyl groups excluding tert-OH is 1. The number of carbonyl (C=O) groups is 1. The normalized spacial score (nSPS) is 12.1. The molecule has 126 valence electrons. The highest BCUT2D eigenvalue weighted by Gasteiger charge is 2.05. The second-order valence-corrected chi connectivity index (χ2v) is 5.77. The minimum absolute atomic E-state index is 0.0837. The highest BCUT2D eigenvalue weighted by molar-refractivity contribution is 5.67. The lowest BCUT2D eigenvalue weighted by Crippen LogP contribution is -2.28. The Bertz CT molecular complexity index is 234. The van der Waals surface area contributed by atoms with Crippen molar-refractivity contribution in [1.82, 2.24) is 5.32 Å². The summed E-state index contributed by atoms with van der Waals surface area (Å²) in [6.45, 7) is 4.85. The number of carbonyl (C=O) groups excluding carboxylic acids is 1. The minimum Gasteiger partial charge on any atom is -0.447 e. The highest BCUT2D eigenvalue weighted by Crippen LogP contribution is 2.10. The molecule has 4 heteroatoms. The molecule has 0 aliphatic carbocycles. The lowest BCUT2D eigenvalue weighted by atomic mass is 10.1. The molecule has 0 spiro atoms. The van der Waals surface area contributed by atoms with Crippen molar-refractivity contribution in [2.24, 2.45) is 0 Å². The van der Waals surface area contributed by atoms with Crippen LogP contribution in [-0.4, -0.2) is 30.5 Å². The maximum atomic E-state index is 11.3. The molecule has 0 aromatic rings. The van der Waals surface area contributed by atoms with Crippen LogP contribution in [0.3, 0.4) is 0 Å². The fourth-order valence-electron chi connectivity index (χ4n) is 2.14. The SMILES string of the molecule is CCCCCCCCCCCCNC(=O)OCC(O)CC. The van der Waals surface area contributed by atoms with Crippen molar-refractivity contribution in [2.45, 2.75) is 90.6 Å². The van der Waals surface area contributed by atoms with Crippen molar-refractivity contribution in [1.29, 1.82) is 0 Å². The summed E-state index contributed by atoms with van der Waals surface area (Å²) < 4.78 is 4.89. The van der Waals surface area contributed by atoms with Crippen molar-refractivity contribution >= 4 is 6.09 Å². The minimum atomic E-state index is -0.548. The molecule has 1 unspecified atom stereocenters. The molecule has 1 amide bonds. The van der Waals surface area contributed by atoms with Crippen LogP contribution in [0.2, 0.25) is 0 Å². The molecular weight excluding hydrogens is 266 g/mol. The number of rotatable bonds is 14. The number of hydrogen-bond donors (Lipinski definition) is 2. The lowest BCUT2D eigenvalue weighted by Gasteiger charge is -2.09. The first kappa shape index (κ1) is 20.2. The van der Waals surface area contributed by atoms with E-state index in [0.29, 0.717) is 13.0 Å². The van der Waals surface area contributed by atoms with E-state index >= 15 is 0 Å². The zero-order chi connectivity index (χ0) is 15.8. The molecule has 0 saturated carbocycles. The predicted molar refractivity (Wildman–Crippen MR) is 87.5 cm³/mol. The molecule has 0 aliphatic heterocycles. The maximum Gasteiger partial charge on any atom is 0.407 e. The molecule has 21 heavy (non-hydrogen) atoms. The van der Waals surface area contributed by atoms with Gasteiger partial charge < -0.3 is 15.2 Å². The van der Waals surface area contributed by atoms with Gasteiger partial charge in [-0.2, -0.15) is 0 Å². The Morgan fingerprint density at radius 3 is 2.00 bits per heavy atom. The largest absolute Gasteiger partial charge is 0.447 e. The van der Waals surface area contributed by atoms with Gasteiger partial charge in [0.25, 0.3) is 0 Å². The van der Waals surface area contributed by atoms with Gasteiger partial charge in [0, 0.05) is 6.54 Å². The van der Waals surface area contributed by atoms with Crippen molar-refractivity contribution in [3.05, 3.63) is 0 Å². The first-order valence-electron chi connectivity index (χ1n) is 8.79. The molecular formula is C17H35NO3. The van der Waals surface area contributed by atoms with Crippen LogP contribution < -0.4 is 5.32 Å². The van der Waals surface area contributed by atoms with Gasteiger partial charge in [0.15, 0.2) is 0 Å². The monoisotopic (exact) mass is 301 g/mol. The lowest BCUT2D eigenvalue weighted by molar-refractivity contribution is 0.0663. The number of amides is 1. The van der Waals surface area contributed by atoms with Gasteiger partial charge in [-0.15, -0.1) is 0 Å². The molecule has 0 heterocycles. The molecule has 0 aliphatic rings. The summed E-state index contributed by atoms with van der Waals surface area (Å²) in [5, 5.41) is 12.0. The zero-order valence-electron chi connectivity index (χ0n) is 14.0. The summed E-state index contributed by atoms with van der Waals surface area (Å²) in [5.41, 5.74) is 0. The van der Waals surface area contributed by atoms with Crippen LogP contribution in [-0.2, 0) is 4.74 Å². The molecule has 0 radical (unpaired) electrons. The summed E-state index contributed by atoms with van der Waals surface area (Å²) in [6.07, 6.45) is 12.5. The summed E-state index contributed by atoms with van der Waals surface area (Å²) in [4.78, 5) is 11.3. The van der Waals surface area contributed by atoms with E-state index in [9.17, 15) is 9.90 Å². The van der Waals surface area contributed by atoms with Crippen LogP contribution in [0.25, 0.3) is 0 Å². The Labute approximate surface area is 130 Å². The van der Waals surface area contributed by atoms with Gasteiger partial charge in [0.1, 0.15) is 6.61 Å².